The van der Waals surface area contributed by atoms with Crippen molar-refractivity contribution in [3.63, 3.8) is 0 Å². The van der Waals surface area contributed by atoms with Crippen LogP contribution in [0, 0.1) is 25.2 Å². The standard InChI is InChI=1S/C25H30N6O2/c1-17-13-21(19(3)31(17)18(2)16-33-4)14-22(15-26)25(32)29-11-8-20(9-12-29)24-28-27-23-7-5-6-10-30(23)24/h5-7,10,13-14,18,20H,8-9,11-12,16H2,1-4H3/b22-14+. The van der Waals surface area contributed by atoms with Crippen LogP contribution >= 0.6 is 0 Å². The molecule has 1 unspecified atom stereocenters. The number of carbonyl (C=O) groups excluding carboxylic acids is 1. The molecular formula is C25H30N6O2. The third kappa shape index (κ3) is 4.41. The van der Waals surface area contributed by atoms with Crippen LogP contribution in [0.25, 0.3) is 11.7 Å². The molecule has 1 amide bonds. The van der Waals surface area contributed by atoms with Crippen molar-refractivity contribution in [1.29, 1.82) is 5.26 Å². The molecule has 1 aliphatic heterocycles. The number of piperidine rings is 1. The lowest BCUT2D eigenvalue weighted by atomic mass is 9.95. The highest BCUT2D eigenvalue weighted by Crippen LogP contribution is 2.28. The largest absolute Gasteiger partial charge is 0.383 e. The van der Waals surface area contributed by atoms with Gasteiger partial charge in [0.05, 0.1) is 12.6 Å². The first-order chi connectivity index (χ1) is 15.9. The first kappa shape index (κ1) is 22.7. The van der Waals surface area contributed by atoms with E-state index in [1.165, 1.54) is 0 Å². The lowest BCUT2D eigenvalue weighted by Gasteiger charge is -2.31. The summed E-state index contributed by atoms with van der Waals surface area (Å²) in [4.78, 5) is 14.9. The molecule has 3 aromatic heterocycles. The zero-order chi connectivity index (χ0) is 23.5. The van der Waals surface area contributed by atoms with Gasteiger partial charge >= 0.3 is 0 Å². The normalized spacial score (nSPS) is 16.2. The monoisotopic (exact) mass is 446 g/mol. The number of ether oxygens (including phenoxy) is 1. The molecule has 172 valence electrons. The number of amides is 1. The SMILES string of the molecule is COCC(C)n1c(C)cc(/C=C(\C#N)C(=O)N2CCC(c3nnc4ccccn34)CC2)c1C. The molecule has 0 N–H and O–H groups in total. The molecule has 0 bridgehead atoms. The second-order valence-electron chi connectivity index (χ2n) is 8.72. The minimum atomic E-state index is -0.211. The average Bonchev–Trinajstić information content (AvgIpc) is 3.37. The van der Waals surface area contributed by atoms with Crippen molar-refractivity contribution >= 4 is 17.6 Å². The summed E-state index contributed by atoms with van der Waals surface area (Å²) in [6, 6.07) is 10.2. The number of hydrogen-bond donors (Lipinski definition) is 0. The molecule has 0 aromatic carbocycles. The van der Waals surface area contributed by atoms with E-state index < -0.39 is 0 Å². The Morgan fingerprint density at radius 2 is 2.06 bits per heavy atom. The van der Waals surface area contributed by atoms with Gasteiger partial charge in [-0.15, -0.1) is 10.2 Å². The number of likely N-dealkylation sites (tertiary alicyclic amines) is 1. The maximum Gasteiger partial charge on any atom is 0.264 e. The number of rotatable bonds is 6. The van der Waals surface area contributed by atoms with E-state index in [9.17, 15) is 10.1 Å². The molecule has 8 nitrogen and oxygen atoms in total. The number of aryl methyl sites for hydroxylation is 1. The van der Waals surface area contributed by atoms with Crippen molar-refractivity contribution in [2.45, 2.75) is 45.6 Å². The van der Waals surface area contributed by atoms with Gasteiger partial charge in [0.1, 0.15) is 17.5 Å². The Labute approximate surface area is 194 Å². The summed E-state index contributed by atoms with van der Waals surface area (Å²) in [5, 5.41) is 18.4. The molecule has 3 aromatic rings. The maximum absolute atomic E-state index is 13.2. The van der Waals surface area contributed by atoms with Crippen LogP contribution in [0.5, 0.6) is 0 Å². The highest BCUT2D eigenvalue weighted by Gasteiger charge is 2.28. The maximum atomic E-state index is 13.2. The molecule has 8 heteroatoms. The average molecular weight is 447 g/mol. The van der Waals surface area contributed by atoms with Gasteiger partial charge in [-0.1, -0.05) is 6.07 Å². The molecule has 0 spiro atoms. The summed E-state index contributed by atoms with van der Waals surface area (Å²) >= 11 is 0. The predicted molar refractivity (Wildman–Crippen MR) is 126 cm³/mol. The Morgan fingerprint density at radius 1 is 1.30 bits per heavy atom. The fourth-order valence-corrected chi connectivity index (χ4v) is 4.89. The third-order valence-corrected chi connectivity index (χ3v) is 6.51. The zero-order valence-corrected chi connectivity index (χ0v) is 19.7. The summed E-state index contributed by atoms with van der Waals surface area (Å²) in [7, 11) is 1.69. The summed E-state index contributed by atoms with van der Waals surface area (Å²) < 4.78 is 9.50. The van der Waals surface area contributed by atoms with Crippen LogP contribution in [0.1, 0.15) is 54.5 Å². The summed E-state index contributed by atoms with van der Waals surface area (Å²) in [6.45, 7) is 7.92. The van der Waals surface area contributed by atoms with E-state index >= 15 is 0 Å². The molecule has 0 aliphatic carbocycles. The van der Waals surface area contributed by atoms with Gasteiger partial charge in [-0.2, -0.15) is 5.26 Å². The topological polar surface area (TPSA) is 88.5 Å². The molecule has 0 saturated carbocycles. The van der Waals surface area contributed by atoms with Crippen molar-refractivity contribution in [2.24, 2.45) is 0 Å². The molecule has 1 fully saturated rings. The van der Waals surface area contributed by atoms with Gasteiger partial charge in [-0.05, 0) is 63.5 Å². The van der Waals surface area contributed by atoms with Crippen LogP contribution < -0.4 is 0 Å². The molecular weight excluding hydrogens is 416 g/mol. The second kappa shape index (κ2) is 9.59. The predicted octanol–water partition coefficient (Wildman–Crippen LogP) is 3.67. The van der Waals surface area contributed by atoms with E-state index in [0.717, 1.165) is 41.3 Å². The number of methoxy groups -OCH3 is 1. The molecule has 33 heavy (non-hydrogen) atoms. The van der Waals surface area contributed by atoms with Crippen LogP contribution in [0.3, 0.4) is 0 Å². The Bertz CT molecular complexity index is 1220. The van der Waals surface area contributed by atoms with E-state index in [-0.39, 0.29) is 23.4 Å². The first-order valence-electron chi connectivity index (χ1n) is 11.3. The Morgan fingerprint density at radius 3 is 2.76 bits per heavy atom. The number of hydrogen-bond acceptors (Lipinski definition) is 5. The molecule has 0 radical (unpaired) electrons. The van der Waals surface area contributed by atoms with E-state index in [2.05, 4.69) is 27.8 Å². The lowest BCUT2D eigenvalue weighted by Crippen LogP contribution is -2.38. The molecule has 4 heterocycles. The Hall–Kier alpha value is -3.44. The van der Waals surface area contributed by atoms with Crippen LogP contribution in [0.15, 0.2) is 36.0 Å². The highest BCUT2D eigenvalue weighted by atomic mass is 16.5. The molecule has 1 saturated heterocycles. The molecule has 1 aliphatic rings. The number of carbonyl (C=O) groups is 1. The van der Waals surface area contributed by atoms with Gasteiger partial charge in [0.25, 0.3) is 5.91 Å². The Balaban J connectivity index is 1.48. The number of nitriles is 1. The zero-order valence-electron chi connectivity index (χ0n) is 19.7. The number of fused-ring (bicyclic) bond motifs is 1. The van der Waals surface area contributed by atoms with Gasteiger partial charge in [0.2, 0.25) is 0 Å². The van der Waals surface area contributed by atoms with Crippen LogP contribution in [-0.2, 0) is 9.53 Å². The van der Waals surface area contributed by atoms with E-state index in [1.54, 1.807) is 18.1 Å². The number of pyridine rings is 1. The number of aromatic nitrogens is 4. The van der Waals surface area contributed by atoms with Gasteiger partial charge in [0, 0.05) is 43.7 Å². The van der Waals surface area contributed by atoms with Crippen molar-refractivity contribution < 1.29 is 9.53 Å². The highest BCUT2D eigenvalue weighted by molar-refractivity contribution is 6.01. The fraction of sp³-hybridized carbons (Fsp3) is 0.440. The quantitative estimate of drug-likeness (QED) is 0.426. The third-order valence-electron chi connectivity index (χ3n) is 6.51. The van der Waals surface area contributed by atoms with Crippen molar-refractivity contribution in [3.8, 4) is 6.07 Å². The van der Waals surface area contributed by atoms with E-state index in [1.807, 2.05) is 48.7 Å². The summed E-state index contributed by atoms with van der Waals surface area (Å²) in [5.74, 6) is 0.963. The van der Waals surface area contributed by atoms with Crippen LogP contribution in [0.2, 0.25) is 0 Å². The van der Waals surface area contributed by atoms with Gasteiger partial charge in [-0.3, -0.25) is 9.20 Å². The van der Waals surface area contributed by atoms with Gasteiger partial charge in [-0.25, -0.2) is 0 Å². The minimum Gasteiger partial charge on any atom is -0.383 e. The van der Waals surface area contributed by atoms with Gasteiger partial charge in [0.15, 0.2) is 5.65 Å². The van der Waals surface area contributed by atoms with Crippen LogP contribution in [0.4, 0.5) is 0 Å². The second-order valence-corrected chi connectivity index (χ2v) is 8.72. The fourth-order valence-electron chi connectivity index (χ4n) is 4.89. The lowest BCUT2D eigenvalue weighted by molar-refractivity contribution is -0.127. The van der Waals surface area contributed by atoms with E-state index in [0.29, 0.717) is 19.7 Å². The molecule has 1 atom stereocenters. The first-order valence-corrected chi connectivity index (χ1v) is 11.3. The summed E-state index contributed by atoms with van der Waals surface area (Å²) in [5.41, 5.74) is 3.99. The van der Waals surface area contributed by atoms with Gasteiger partial charge < -0.3 is 14.2 Å². The molecule has 4 rings (SSSR count). The smallest absolute Gasteiger partial charge is 0.264 e. The van der Waals surface area contributed by atoms with Crippen molar-refractivity contribution in [1.82, 2.24) is 24.1 Å². The number of nitrogens with zero attached hydrogens (tertiary/aromatic N) is 6. The minimum absolute atomic E-state index is 0.168. The summed E-state index contributed by atoms with van der Waals surface area (Å²) in [6.07, 6.45) is 5.29. The van der Waals surface area contributed by atoms with Crippen molar-refractivity contribution in [2.75, 3.05) is 26.8 Å². The Kier molecular flexibility index (Phi) is 6.61. The van der Waals surface area contributed by atoms with Crippen LogP contribution in [-0.4, -0.2) is 56.8 Å². The van der Waals surface area contributed by atoms with Crippen molar-refractivity contribution in [3.05, 3.63) is 58.8 Å². The van der Waals surface area contributed by atoms with E-state index in [4.69, 9.17) is 4.74 Å².